The van der Waals surface area contributed by atoms with Crippen molar-refractivity contribution in [2.45, 2.75) is 6.29 Å². The third-order valence-corrected chi connectivity index (χ3v) is 2.30. The molecule has 0 atom stereocenters. The summed E-state index contributed by atoms with van der Waals surface area (Å²) >= 11 is 11.3. The fraction of sp³-hybridized carbons (Fsp3) is 0.125. The third-order valence-electron chi connectivity index (χ3n) is 1.55. The number of benzene rings is 1. The molecule has 0 amide bonds. The first-order chi connectivity index (χ1) is 6.07. The van der Waals surface area contributed by atoms with Gasteiger partial charge >= 0.3 is 0 Å². The highest BCUT2D eigenvalue weighted by Gasteiger charge is 2.13. The summed E-state index contributed by atoms with van der Waals surface area (Å²) in [6, 6.07) is 2.73. The van der Waals surface area contributed by atoms with Gasteiger partial charge in [-0.1, -0.05) is 29.3 Å². The number of aliphatic hydroxyl groups is 2. The van der Waals surface area contributed by atoms with Gasteiger partial charge in [-0.3, -0.25) is 4.79 Å². The van der Waals surface area contributed by atoms with Gasteiger partial charge in [0.1, 0.15) is 0 Å². The van der Waals surface area contributed by atoms with E-state index in [9.17, 15) is 4.79 Å². The van der Waals surface area contributed by atoms with Crippen LogP contribution in [0.1, 0.15) is 22.2 Å². The Labute approximate surface area is 84.5 Å². The first-order valence-electron chi connectivity index (χ1n) is 3.37. The highest BCUT2D eigenvalue weighted by molar-refractivity contribution is 6.38. The van der Waals surface area contributed by atoms with E-state index in [1.807, 2.05) is 0 Å². The molecule has 0 radical (unpaired) electrons. The molecule has 70 valence electrons. The Morgan fingerprint density at radius 1 is 1.31 bits per heavy atom. The lowest BCUT2D eigenvalue weighted by Crippen LogP contribution is -1.98. The van der Waals surface area contributed by atoms with E-state index in [4.69, 9.17) is 33.4 Å². The Hall–Kier alpha value is -0.610. The molecule has 0 heterocycles. The third kappa shape index (κ3) is 2.00. The summed E-state index contributed by atoms with van der Waals surface area (Å²) in [5.74, 6) is 0. The molecule has 0 saturated heterocycles. The second kappa shape index (κ2) is 4.07. The van der Waals surface area contributed by atoms with Crippen LogP contribution in [0.2, 0.25) is 10.0 Å². The van der Waals surface area contributed by atoms with Crippen molar-refractivity contribution in [1.29, 1.82) is 0 Å². The van der Waals surface area contributed by atoms with Crippen LogP contribution in [0.5, 0.6) is 0 Å². The molecular formula is C8H6Cl2O3. The van der Waals surface area contributed by atoms with E-state index in [2.05, 4.69) is 0 Å². The molecule has 1 aromatic rings. The quantitative estimate of drug-likeness (QED) is 0.591. The van der Waals surface area contributed by atoms with Crippen LogP contribution >= 0.6 is 23.2 Å². The Morgan fingerprint density at radius 3 is 2.38 bits per heavy atom. The van der Waals surface area contributed by atoms with Gasteiger partial charge in [0.25, 0.3) is 0 Å². The number of aliphatic hydroxyl groups excluding tert-OH is 1. The zero-order valence-corrected chi connectivity index (χ0v) is 7.88. The molecule has 0 aliphatic rings. The van der Waals surface area contributed by atoms with Crippen molar-refractivity contribution in [3.8, 4) is 0 Å². The molecule has 0 aliphatic carbocycles. The van der Waals surface area contributed by atoms with Gasteiger partial charge in [0.05, 0.1) is 15.6 Å². The average Bonchev–Trinajstić information content (AvgIpc) is 2.04. The lowest BCUT2D eigenvalue weighted by atomic mass is 10.1. The second-order valence-corrected chi connectivity index (χ2v) is 3.14. The van der Waals surface area contributed by atoms with Crippen molar-refractivity contribution >= 4 is 29.5 Å². The Kier molecular flexibility index (Phi) is 3.27. The normalized spacial score (nSPS) is 10.5. The molecule has 0 aromatic heterocycles. The van der Waals surface area contributed by atoms with Gasteiger partial charge < -0.3 is 10.2 Å². The van der Waals surface area contributed by atoms with Crippen molar-refractivity contribution in [3.63, 3.8) is 0 Å². The monoisotopic (exact) mass is 220 g/mol. The molecule has 0 aliphatic heterocycles. The van der Waals surface area contributed by atoms with E-state index in [0.717, 1.165) is 0 Å². The maximum absolute atomic E-state index is 10.5. The van der Waals surface area contributed by atoms with Gasteiger partial charge in [-0.15, -0.1) is 0 Å². The SMILES string of the molecule is O=Cc1c(Cl)ccc(C(O)O)c1Cl. The number of aldehydes is 1. The van der Waals surface area contributed by atoms with Gasteiger partial charge in [0.2, 0.25) is 0 Å². The standard InChI is InChI=1S/C8H6Cl2O3/c9-6-2-1-4(8(12)13)7(10)5(6)3-11/h1-3,8,12-13H. The van der Waals surface area contributed by atoms with Crippen molar-refractivity contribution in [2.24, 2.45) is 0 Å². The molecule has 2 N–H and O–H groups in total. The fourth-order valence-corrected chi connectivity index (χ4v) is 1.45. The van der Waals surface area contributed by atoms with Gasteiger partial charge in [-0.05, 0) is 6.07 Å². The lowest BCUT2D eigenvalue weighted by molar-refractivity contribution is -0.0424. The summed E-state index contributed by atoms with van der Waals surface area (Å²) in [6.07, 6.45) is -1.24. The second-order valence-electron chi connectivity index (χ2n) is 2.36. The highest BCUT2D eigenvalue weighted by atomic mass is 35.5. The van der Waals surface area contributed by atoms with Crippen molar-refractivity contribution in [2.75, 3.05) is 0 Å². The molecule has 1 aromatic carbocycles. The van der Waals surface area contributed by atoms with Crippen LogP contribution in [0, 0.1) is 0 Å². The molecule has 5 heteroatoms. The first-order valence-corrected chi connectivity index (χ1v) is 4.12. The van der Waals surface area contributed by atoms with E-state index in [1.165, 1.54) is 12.1 Å². The number of rotatable bonds is 2. The smallest absolute Gasteiger partial charge is 0.179 e. The summed E-state index contributed by atoms with van der Waals surface area (Å²) in [7, 11) is 0. The molecule has 13 heavy (non-hydrogen) atoms. The molecular weight excluding hydrogens is 215 g/mol. The highest BCUT2D eigenvalue weighted by Crippen LogP contribution is 2.29. The summed E-state index contributed by atoms with van der Waals surface area (Å²) in [5.41, 5.74) is 0.127. The Morgan fingerprint density at radius 2 is 1.92 bits per heavy atom. The van der Waals surface area contributed by atoms with E-state index in [1.54, 1.807) is 0 Å². The molecule has 0 fully saturated rings. The number of carbonyl (C=O) groups excluding carboxylic acids is 1. The van der Waals surface area contributed by atoms with E-state index in [0.29, 0.717) is 6.29 Å². The van der Waals surface area contributed by atoms with Gasteiger partial charge in [-0.25, -0.2) is 0 Å². The maximum atomic E-state index is 10.5. The summed E-state index contributed by atoms with van der Waals surface area (Å²) in [5, 5.41) is 17.8. The Bertz CT molecular complexity index is 336. The van der Waals surface area contributed by atoms with Gasteiger partial charge in [0.15, 0.2) is 12.6 Å². The minimum Gasteiger partial charge on any atom is -0.364 e. The largest absolute Gasteiger partial charge is 0.364 e. The summed E-state index contributed by atoms with van der Waals surface area (Å²) in [6.45, 7) is 0. The van der Waals surface area contributed by atoms with Gasteiger partial charge in [0, 0.05) is 5.56 Å². The van der Waals surface area contributed by atoms with Crippen LogP contribution in [0.25, 0.3) is 0 Å². The maximum Gasteiger partial charge on any atom is 0.179 e. The average molecular weight is 221 g/mol. The van der Waals surface area contributed by atoms with Crippen molar-refractivity contribution < 1.29 is 15.0 Å². The minimum atomic E-state index is -1.71. The number of hydrogen-bond acceptors (Lipinski definition) is 3. The van der Waals surface area contributed by atoms with Crippen LogP contribution in [-0.4, -0.2) is 16.5 Å². The molecule has 3 nitrogen and oxygen atoms in total. The van der Waals surface area contributed by atoms with Crippen LogP contribution in [0.15, 0.2) is 12.1 Å². The molecule has 0 bridgehead atoms. The number of halogens is 2. The van der Waals surface area contributed by atoms with Crippen LogP contribution in [0.3, 0.4) is 0 Å². The topological polar surface area (TPSA) is 57.5 Å². The molecule has 0 saturated carbocycles. The molecule has 0 spiro atoms. The van der Waals surface area contributed by atoms with E-state index < -0.39 is 6.29 Å². The van der Waals surface area contributed by atoms with Gasteiger partial charge in [-0.2, -0.15) is 0 Å². The van der Waals surface area contributed by atoms with Crippen LogP contribution in [-0.2, 0) is 0 Å². The molecule has 1 rings (SSSR count). The summed E-state index contributed by atoms with van der Waals surface area (Å²) < 4.78 is 0. The Balaban J connectivity index is 3.35. The number of carbonyl (C=O) groups is 1. The minimum absolute atomic E-state index is 0.0301. The first kappa shape index (κ1) is 10.5. The fourth-order valence-electron chi connectivity index (χ4n) is 0.894. The van der Waals surface area contributed by atoms with Crippen molar-refractivity contribution in [1.82, 2.24) is 0 Å². The predicted octanol–water partition coefficient (Wildman–Crippen LogP) is 1.79. The zero-order chi connectivity index (χ0) is 10.0. The molecule has 0 unspecified atom stereocenters. The zero-order valence-electron chi connectivity index (χ0n) is 6.37. The van der Waals surface area contributed by atoms with Crippen molar-refractivity contribution in [3.05, 3.63) is 33.3 Å². The van der Waals surface area contributed by atoms with E-state index in [-0.39, 0.29) is 21.2 Å². The number of hydrogen-bond donors (Lipinski definition) is 2. The lowest BCUT2D eigenvalue weighted by Gasteiger charge is -2.08. The van der Waals surface area contributed by atoms with Crippen LogP contribution < -0.4 is 0 Å². The van der Waals surface area contributed by atoms with E-state index >= 15 is 0 Å². The predicted molar refractivity (Wildman–Crippen MR) is 49.0 cm³/mol. The summed E-state index contributed by atoms with van der Waals surface area (Å²) in [4.78, 5) is 10.5. The van der Waals surface area contributed by atoms with Crippen LogP contribution in [0.4, 0.5) is 0 Å².